The topological polar surface area (TPSA) is 111 Å². The van der Waals surface area contributed by atoms with E-state index in [4.69, 9.17) is 11.5 Å². The minimum Gasteiger partial charge on any atom is -0.384 e. The van der Waals surface area contributed by atoms with Crippen molar-refractivity contribution in [3.63, 3.8) is 0 Å². The summed E-state index contributed by atoms with van der Waals surface area (Å²) >= 11 is 0. The average Bonchev–Trinajstić information content (AvgIpc) is 2.26. The monoisotopic (exact) mass is 264 g/mol. The molecule has 0 aliphatic heterocycles. The van der Waals surface area contributed by atoms with Gasteiger partial charge in [-0.25, -0.2) is 4.98 Å². The predicted molar refractivity (Wildman–Crippen MR) is 73.5 cm³/mol. The summed E-state index contributed by atoms with van der Waals surface area (Å²) in [4.78, 5) is 27.0. The number of nitrogens with zero attached hydrogens (tertiary/aromatic N) is 1. The molecule has 5 N–H and O–H groups in total. The van der Waals surface area contributed by atoms with Crippen LogP contribution in [-0.2, 0) is 4.79 Å². The van der Waals surface area contributed by atoms with E-state index in [9.17, 15) is 9.59 Å². The lowest BCUT2D eigenvalue weighted by Crippen LogP contribution is -2.35. The Kier molecular flexibility index (Phi) is 4.86. The molecule has 0 radical (unpaired) electrons. The lowest BCUT2D eigenvalue weighted by molar-refractivity contribution is -0.118. The minimum atomic E-state index is -0.454. The molecule has 0 aromatic carbocycles. The summed E-state index contributed by atoms with van der Waals surface area (Å²) in [6, 6.07) is 2.90. The van der Waals surface area contributed by atoms with Crippen molar-refractivity contribution in [1.82, 2.24) is 10.3 Å². The molecule has 19 heavy (non-hydrogen) atoms. The number of anilines is 1. The van der Waals surface area contributed by atoms with Crippen LogP contribution in [0.4, 0.5) is 5.82 Å². The molecule has 1 aromatic heterocycles. The van der Waals surface area contributed by atoms with Crippen LogP contribution in [0, 0.1) is 0 Å². The Balaban J connectivity index is 2.85. The third-order valence-corrected chi connectivity index (χ3v) is 2.60. The second-order valence-corrected chi connectivity index (χ2v) is 4.91. The van der Waals surface area contributed by atoms with E-state index in [0.29, 0.717) is 11.4 Å². The van der Waals surface area contributed by atoms with E-state index in [1.54, 1.807) is 13.0 Å². The highest BCUT2D eigenvalue weighted by Gasteiger charge is 2.14. The SMILES string of the molecule is CC(CC(N)=O)NC(=O)c1cc(N)nc(C(C)C)c1. The highest BCUT2D eigenvalue weighted by molar-refractivity contribution is 5.95. The Morgan fingerprint density at radius 3 is 2.47 bits per heavy atom. The minimum absolute atomic E-state index is 0.101. The van der Waals surface area contributed by atoms with Crippen molar-refractivity contribution in [3.8, 4) is 0 Å². The van der Waals surface area contributed by atoms with Crippen LogP contribution < -0.4 is 16.8 Å². The number of amides is 2. The fourth-order valence-electron chi connectivity index (χ4n) is 1.66. The van der Waals surface area contributed by atoms with Crippen molar-refractivity contribution in [1.29, 1.82) is 0 Å². The number of nitrogens with one attached hydrogen (secondary N) is 1. The number of nitrogens with two attached hydrogens (primary N) is 2. The Bertz CT molecular complexity index is 486. The summed E-state index contributed by atoms with van der Waals surface area (Å²) in [7, 11) is 0. The van der Waals surface area contributed by atoms with E-state index in [1.807, 2.05) is 13.8 Å². The van der Waals surface area contributed by atoms with Gasteiger partial charge in [-0.2, -0.15) is 0 Å². The van der Waals surface area contributed by atoms with Crippen LogP contribution in [0.25, 0.3) is 0 Å². The van der Waals surface area contributed by atoms with Gasteiger partial charge >= 0.3 is 0 Å². The maximum atomic E-state index is 12.0. The second-order valence-electron chi connectivity index (χ2n) is 4.91. The Labute approximate surface area is 112 Å². The van der Waals surface area contributed by atoms with E-state index in [-0.39, 0.29) is 24.3 Å². The number of primary amides is 1. The summed E-state index contributed by atoms with van der Waals surface area (Å²) in [5.74, 6) is -0.258. The van der Waals surface area contributed by atoms with Gasteiger partial charge in [0.05, 0.1) is 0 Å². The molecule has 1 aromatic rings. The predicted octanol–water partition coefficient (Wildman–Crippen LogP) is 0.781. The first-order valence-electron chi connectivity index (χ1n) is 6.16. The standard InChI is InChI=1S/C13H20N4O2/c1-7(2)10-5-9(6-11(14)17-10)13(19)16-8(3)4-12(15)18/h5-8H,4H2,1-3H3,(H2,14,17)(H2,15,18)(H,16,19). The zero-order valence-electron chi connectivity index (χ0n) is 11.4. The van der Waals surface area contributed by atoms with Crippen LogP contribution in [-0.4, -0.2) is 22.8 Å². The number of aromatic nitrogens is 1. The molecule has 0 saturated heterocycles. The van der Waals surface area contributed by atoms with Gasteiger partial charge < -0.3 is 16.8 Å². The number of carbonyl (C=O) groups excluding carboxylic acids is 2. The van der Waals surface area contributed by atoms with Gasteiger partial charge in [-0.3, -0.25) is 9.59 Å². The third-order valence-electron chi connectivity index (χ3n) is 2.60. The van der Waals surface area contributed by atoms with Crippen molar-refractivity contribution in [2.24, 2.45) is 5.73 Å². The van der Waals surface area contributed by atoms with Gasteiger partial charge in [0.2, 0.25) is 5.91 Å². The second kappa shape index (κ2) is 6.17. The molecule has 1 heterocycles. The lowest BCUT2D eigenvalue weighted by Gasteiger charge is -2.13. The molecule has 1 atom stereocenters. The lowest BCUT2D eigenvalue weighted by atomic mass is 10.1. The van der Waals surface area contributed by atoms with Crippen LogP contribution in [0.2, 0.25) is 0 Å². The van der Waals surface area contributed by atoms with Crippen molar-refractivity contribution in [3.05, 3.63) is 23.4 Å². The Morgan fingerprint density at radius 1 is 1.32 bits per heavy atom. The van der Waals surface area contributed by atoms with E-state index >= 15 is 0 Å². The normalized spacial score (nSPS) is 12.2. The fourth-order valence-corrected chi connectivity index (χ4v) is 1.66. The maximum absolute atomic E-state index is 12.0. The largest absolute Gasteiger partial charge is 0.384 e. The van der Waals surface area contributed by atoms with Crippen LogP contribution in [0.15, 0.2) is 12.1 Å². The van der Waals surface area contributed by atoms with E-state index in [1.165, 1.54) is 6.07 Å². The van der Waals surface area contributed by atoms with Gasteiger partial charge in [0.25, 0.3) is 5.91 Å². The number of hydrogen-bond acceptors (Lipinski definition) is 4. The van der Waals surface area contributed by atoms with Crippen molar-refractivity contribution < 1.29 is 9.59 Å². The summed E-state index contributed by atoms with van der Waals surface area (Å²) in [6.45, 7) is 5.66. The molecule has 2 amide bonds. The maximum Gasteiger partial charge on any atom is 0.251 e. The molecule has 6 heteroatoms. The summed E-state index contributed by atoms with van der Waals surface area (Å²) < 4.78 is 0. The quantitative estimate of drug-likeness (QED) is 0.729. The first-order valence-corrected chi connectivity index (χ1v) is 6.16. The van der Waals surface area contributed by atoms with E-state index in [2.05, 4.69) is 10.3 Å². The van der Waals surface area contributed by atoms with Crippen molar-refractivity contribution in [2.45, 2.75) is 39.2 Å². The number of nitrogen functional groups attached to an aromatic ring is 1. The van der Waals surface area contributed by atoms with Crippen LogP contribution in [0.5, 0.6) is 0 Å². The van der Waals surface area contributed by atoms with Gasteiger partial charge in [0.15, 0.2) is 0 Å². The molecular weight excluding hydrogens is 244 g/mol. The first kappa shape index (κ1) is 14.9. The van der Waals surface area contributed by atoms with E-state index in [0.717, 1.165) is 5.69 Å². The number of rotatable bonds is 5. The third kappa shape index (κ3) is 4.57. The van der Waals surface area contributed by atoms with Gasteiger partial charge in [-0.1, -0.05) is 13.8 Å². The molecule has 0 spiro atoms. The summed E-state index contributed by atoms with van der Waals surface area (Å²) in [6.07, 6.45) is 0.101. The molecule has 0 saturated carbocycles. The summed E-state index contributed by atoms with van der Waals surface area (Å²) in [5, 5.41) is 2.70. The molecule has 6 nitrogen and oxygen atoms in total. The highest BCUT2D eigenvalue weighted by Crippen LogP contribution is 2.16. The molecule has 104 valence electrons. The highest BCUT2D eigenvalue weighted by atomic mass is 16.2. The number of pyridine rings is 1. The van der Waals surface area contributed by atoms with Gasteiger partial charge in [0.1, 0.15) is 5.82 Å². The zero-order valence-corrected chi connectivity index (χ0v) is 11.4. The van der Waals surface area contributed by atoms with Gasteiger partial charge in [-0.15, -0.1) is 0 Å². The van der Waals surface area contributed by atoms with Crippen LogP contribution in [0.3, 0.4) is 0 Å². The van der Waals surface area contributed by atoms with Gasteiger partial charge in [-0.05, 0) is 25.0 Å². The van der Waals surface area contributed by atoms with Crippen molar-refractivity contribution in [2.75, 3.05) is 5.73 Å². The molecular formula is C13H20N4O2. The molecule has 0 fully saturated rings. The average molecular weight is 264 g/mol. The van der Waals surface area contributed by atoms with E-state index < -0.39 is 5.91 Å². The fraction of sp³-hybridized carbons (Fsp3) is 0.462. The molecule has 1 rings (SSSR count). The molecule has 0 aliphatic carbocycles. The summed E-state index contributed by atoms with van der Waals surface area (Å²) in [5.41, 5.74) is 12.0. The molecule has 0 bridgehead atoms. The number of carbonyl (C=O) groups is 2. The molecule has 0 aliphatic rings. The Morgan fingerprint density at radius 2 is 1.95 bits per heavy atom. The number of hydrogen-bond donors (Lipinski definition) is 3. The van der Waals surface area contributed by atoms with Gasteiger partial charge in [0, 0.05) is 23.7 Å². The van der Waals surface area contributed by atoms with Crippen LogP contribution >= 0.6 is 0 Å². The first-order chi connectivity index (χ1) is 8.79. The zero-order chi connectivity index (χ0) is 14.6. The van der Waals surface area contributed by atoms with Crippen molar-refractivity contribution >= 4 is 17.6 Å². The van der Waals surface area contributed by atoms with Crippen LogP contribution in [0.1, 0.15) is 49.2 Å². The smallest absolute Gasteiger partial charge is 0.251 e. The Hall–Kier alpha value is -2.11. The molecule has 1 unspecified atom stereocenters.